The van der Waals surface area contributed by atoms with Gasteiger partial charge in [0.25, 0.3) is 5.56 Å². The number of benzene rings is 1. The molecule has 0 saturated heterocycles. The van der Waals surface area contributed by atoms with Crippen molar-refractivity contribution >= 4 is 59.4 Å². The zero-order valence-corrected chi connectivity index (χ0v) is 15.7. The molecular formula is C14H11Br3N2O2. The first-order chi connectivity index (χ1) is 9.86. The molecule has 7 heteroatoms. The zero-order chi connectivity index (χ0) is 15.6. The maximum atomic E-state index is 12.1. The minimum absolute atomic E-state index is 0.0506. The minimum Gasteiger partial charge on any atom is -0.323 e. The second-order valence-electron chi connectivity index (χ2n) is 4.47. The predicted molar refractivity (Wildman–Crippen MR) is 93.6 cm³/mol. The molecule has 1 heterocycles. The number of amides is 1. The van der Waals surface area contributed by atoms with Crippen molar-refractivity contribution in [2.45, 2.75) is 13.5 Å². The lowest BCUT2D eigenvalue weighted by atomic mass is 10.2. The highest BCUT2D eigenvalue weighted by Gasteiger charge is 2.11. The summed E-state index contributed by atoms with van der Waals surface area (Å²) in [4.78, 5) is 23.8. The van der Waals surface area contributed by atoms with Crippen molar-refractivity contribution in [3.63, 3.8) is 0 Å². The third kappa shape index (κ3) is 4.28. The number of halogens is 3. The van der Waals surface area contributed by atoms with Gasteiger partial charge >= 0.3 is 0 Å². The summed E-state index contributed by atoms with van der Waals surface area (Å²) >= 11 is 10.1. The van der Waals surface area contributed by atoms with E-state index < -0.39 is 0 Å². The van der Waals surface area contributed by atoms with Crippen molar-refractivity contribution in [1.29, 1.82) is 0 Å². The fourth-order valence-corrected chi connectivity index (χ4v) is 3.77. The molecule has 0 bridgehead atoms. The van der Waals surface area contributed by atoms with Crippen molar-refractivity contribution in [3.8, 4) is 0 Å². The number of anilines is 1. The number of nitrogens with zero attached hydrogens (tertiary/aromatic N) is 1. The summed E-state index contributed by atoms with van der Waals surface area (Å²) in [5, 5.41) is 2.79. The SMILES string of the molecule is Cc1cc(Br)c(NC(=O)Cn2cc(Br)ccc2=O)c(Br)c1. The van der Waals surface area contributed by atoms with Crippen LogP contribution in [0.15, 0.2) is 48.7 Å². The third-order valence-electron chi connectivity index (χ3n) is 2.71. The second kappa shape index (κ2) is 6.89. The highest BCUT2D eigenvalue weighted by Crippen LogP contribution is 2.32. The molecular weight excluding hydrogens is 468 g/mol. The Labute approximate surface area is 146 Å². The highest BCUT2D eigenvalue weighted by molar-refractivity contribution is 9.11. The molecule has 0 aliphatic rings. The number of aromatic nitrogens is 1. The Bertz CT molecular complexity index is 733. The molecule has 4 nitrogen and oxygen atoms in total. The maximum Gasteiger partial charge on any atom is 0.251 e. The third-order valence-corrected chi connectivity index (χ3v) is 4.43. The van der Waals surface area contributed by atoms with Gasteiger partial charge < -0.3 is 9.88 Å². The van der Waals surface area contributed by atoms with Crippen LogP contribution in [0.5, 0.6) is 0 Å². The van der Waals surface area contributed by atoms with E-state index >= 15 is 0 Å². The number of aryl methyl sites for hydroxylation is 1. The number of rotatable bonds is 3. The molecule has 0 aliphatic heterocycles. The molecule has 2 aromatic rings. The molecule has 0 aliphatic carbocycles. The van der Waals surface area contributed by atoms with Crippen molar-refractivity contribution in [1.82, 2.24) is 4.57 Å². The lowest BCUT2D eigenvalue weighted by Gasteiger charge is -2.12. The van der Waals surface area contributed by atoms with Crippen LogP contribution < -0.4 is 10.9 Å². The number of nitrogens with one attached hydrogen (secondary N) is 1. The van der Waals surface area contributed by atoms with E-state index in [4.69, 9.17) is 0 Å². The van der Waals surface area contributed by atoms with Crippen molar-refractivity contribution in [3.05, 3.63) is 59.8 Å². The van der Waals surface area contributed by atoms with E-state index in [2.05, 4.69) is 53.1 Å². The van der Waals surface area contributed by atoms with Crippen LogP contribution in [-0.2, 0) is 11.3 Å². The van der Waals surface area contributed by atoms with Crippen LogP contribution in [0, 0.1) is 6.92 Å². The monoisotopic (exact) mass is 476 g/mol. The van der Waals surface area contributed by atoms with Gasteiger partial charge in [0.15, 0.2) is 0 Å². The summed E-state index contributed by atoms with van der Waals surface area (Å²) in [5.74, 6) is -0.277. The number of carbonyl (C=O) groups excluding carboxylic acids is 1. The first kappa shape index (κ1) is 16.5. The Morgan fingerprint density at radius 2 is 1.81 bits per heavy atom. The predicted octanol–water partition coefficient (Wildman–Crippen LogP) is 4.08. The quantitative estimate of drug-likeness (QED) is 0.722. The molecule has 1 N–H and O–H groups in total. The summed E-state index contributed by atoms with van der Waals surface area (Å²) in [5.41, 5.74) is 1.49. The van der Waals surface area contributed by atoms with Crippen LogP contribution in [0.2, 0.25) is 0 Å². The Morgan fingerprint density at radius 1 is 1.19 bits per heavy atom. The summed E-state index contributed by atoms with van der Waals surface area (Å²) < 4.78 is 3.65. The van der Waals surface area contributed by atoms with Crippen LogP contribution in [0.3, 0.4) is 0 Å². The van der Waals surface area contributed by atoms with E-state index in [1.807, 2.05) is 19.1 Å². The van der Waals surface area contributed by atoms with E-state index in [1.54, 1.807) is 12.3 Å². The maximum absolute atomic E-state index is 12.1. The van der Waals surface area contributed by atoms with Gasteiger partial charge in [0.05, 0.1) is 5.69 Å². The smallest absolute Gasteiger partial charge is 0.251 e. The van der Waals surface area contributed by atoms with Gasteiger partial charge in [-0.15, -0.1) is 0 Å². The summed E-state index contributed by atoms with van der Waals surface area (Å²) in [6, 6.07) is 6.87. The molecule has 0 fully saturated rings. The Kier molecular flexibility index (Phi) is 5.40. The fraction of sp³-hybridized carbons (Fsp3) is 0.143. The van der Waals surface area contributed by atoms with Crippen LogP contribution >= 0.6 is 47.8 Å². The second-order valence-corrected chi connectivity index (χ2v) is 7.09. The molecule has 1 aromatic heterocycles. The minimum atomic E-state index is -0.277. The van der Waals surface area contributed by atoms with Gasteiger partial charge in [0.1, 0.15) is 6.54 Å². The number of hydrogen-bond donors (Lipinski definition) is 1. The van der Waals surface area contributed by atoms with Gasteiger partial charge in [-0.3, -0.25) is 9.59 Å². The molecule has 0 unspecified atom stereocenters. The zero-order valence-electron chi connectivity index (χ0n) is 11.0. The summed E-state index contributed by atoms with van der Waals surface area (Å²) in [7, 11) is 0. The van der Waals surface area contributed by atoms with Crippen LogP contribution in [0.25, 0.3) is 0 Å². The van der Waals surface area contributed by atoms with Gasteiger partial charge in [0.2, 0.25) is 5.91 Å². The van der Waals surface area contributed by atoms with Gasteiger partial charge in [-0.2, -0.15) is 0 Å². The van der Waals surface area contributed by atoms with E-state index in [-0.39, 0.29) is 18.0 Å². The van der Waals surface area contributed by atoms with E-state index in [1.165, 1.54) is 10.6 Å². The standard InChI is InChI=1S/C14H11Br3N2O2/c1-8-4-10(16)14(11(17)5-8)18-12(20)7-19-6-9(15)2-3-13(19)21/h2-6H,7H2,1H3,(H,18,20). The molecule has 21 heavy (non-hydrogen) atoms. The normalized spacial score (nSPS) is 10.5. The van der Waals surface area contributed by atoms with Crippen LogP contribution in [0.4, 0.5) is 5.69 Å². The molecule has 0 radical (unpaired) electrons. The molecule has 110 valence electrons. The Hall–Kier alpha value is -0.920. The van der Waals surface area contributed by atoms with E-state index in [0.717, 1.165) is 19.0 Å². The largest absolute Gasteiger partial charge is 0.323 e. The molecule has 1 aromatic carbocycles. The van der Waals surface area contributed by atoms with Crippen molar-refractivity contribution in [2.75, 3.05) is 5.32 Å². The fourth-order valence-electron chi connectivity index (χ4n) is 1.78. The summed E-state index contributed by atoms with van der Waals surface area (Å²) in [6.07, 6.45) is 1.58. The van der Waals surface area contributed by atoms with Crippen molar-refractivity contribution in [2.24, 2.45) is 0 Å². The highest BCUT2D eigenvalue weighted by atomic mass is 79.9. The van der Waals surface area contributed by atoms with Gasteiger partial charge in [-0.05, 0) is 78.5 Å². The lowest BCUT2D eigenvalue weighted by molar-refractivity contribution is -0.116. The number of carbonyl (C=O) groups is 1. The molecule has 0 atom stereocenters. The van der Waals surface area contributed by atoms with Crippen LogP contribution in [0.1, 0.15) is 5.56 Å². The first-order valence-corrected chi connectivity index (χ1v) is 8.36. The van der Waals surface area contributed by atoms with Gasteiger partial charge in [-0.25, -0.2) is 0 Å². The number of hydrogen-bond acceptors (Lipinski definition) is 2. The Morgan fingerprint density at radius 3 is 2.43 bits per heavy atom. The van der Waals surface area contributed by atoms with Crippen molar-refractivity contribution < 1.29 is 4.79 Å². The molecule has 2 rings (SSSR count). The first-order valence-electron chi connectivity index (χ1n) is 5.98. The number of pyridine rings is 1. The molecule has 1 amide bonds. The topological polar surface area (TPSA) is 51.1 Å². The average Bonchev–Trinajstić information content (AvgIpc) is 2.38. The van der Waals surface area contributed by atoms with E-state index in [0.29, 0.717) is 5.69 Å². The van der Waals surface area contributed by atoms with Gasteiger partial charge in [0, 0.05) is 25.7 Å². The van der Waals surface area contributed by atoms with Gasteiger partial charge in [-0.1, -0.05) is 0 Å². The lowest BCUT2D eigenvalue weighted by Crippen LogP contribution is -2.26. The molecule has 0 saturated carbocycles. The summed E-state index contributed by atoms with van der Waals surface area (Å²) in [6.45, 7) is 1.91. The molecule has 0 spiro atoms. The van der Waals surface area contributed by atoms with E-state index in [9.17, 15) is 9.59 Å². The average molecular weight is 479 g/mol. The van der Waals surface area contributed by atoms with Crippen LogP contribution in [-0.4, -0.2) is 10.5 Å². The Balaban J connectivity index is 2.19.